The third-order valence-corrected chi connectivity index (χ3v) is 4.55. The molecule has 24 heavy (non-hydrogen) atoms. The van der Waals surface area contributed by atoms with E-state index in [-0.39, 0.29) is 0 Å². The SMILES string of the molecule is CCOc1ccc(CN2CCC[C@@H]2c2cc(CC)no2)cc1OC. The number of benzene rings is 1. The Bertz CT molecular complexity index is 668. The molecule has 0 unspecified atom stereocenters. The van der Waals surface area contributed by atoms with Crippen molar-refractivity contribution in [2.75, 3.05) is 20.3 Å². The van der Waals surface area contributed by atoms with Crippen LogP contribution in [0.25, 0.3) is 0 Å². The second-order valence-electron chi connectivity index (χ2n) is 6.12. The Balaban J connectivity index is 1.74. The second-order valence-corrected chi connectivity index (χ2v) is 6.12. The molecular weight excluding hydrogens is 304 g/mol. The van der Waals surface area contributed by atoms with Gasteiger partial charge in [-0.3, -0.25) is 4.90 Å². The fraction of sp³-hybridized carbons (Fsp3) is 0.526. The summed E-state index contributed by atoms with van der Waals surface area (Å²) in [6, 6.07) is 8.59. The van der Waals surface area contributed by atoms with Gasteiger partial charge < -0.3 is 14.0 Å². The average molecular weight is 330 g/mol. The van der Waals surface area contributed by atoms with Gasteiger partial charge in [0.1, 0.15) is 0 Å². The predicted molar refractivity (Wildman–Crippen MR) is 92.4 cm³/mol. The van der Waals surface area contributed by atoms with Crippen molar-refractivity contribution in [2.24, 2.45) is 0 Å². The minimum Gasteiger partial charge on any atom is -0.493 e. The zero-order valence-corrected chi connectivity index (χ0v) is 14.7. The van der Waals surface area contributed by atoms with Crippen LogP contribution in [0, 0.1) is 0 Å². The van der Waals surface area contributed by atoms with Gasteiger partial charge in [-0.15, -0.1) is 0 Å². The van der Waals surface area contributed by atoms with E-state index in [9.17, 15) is 0 Å². The third kappa shape index (κ3) is 3.56. The first-order valence-electron chi connectivity index (χ1n) is 8.74. The second kappa shape index (κ2) is 7.71. The fourth-order valence-electron chi connectivity index (χ4n) is 3.31. The highest BCUT2D eigenvalue weighted by atomic mass is 16.5. The molecule has 1 aliphatic heterocycles. The van der Waals surface area contributed by atoms with Gasteiger partial charge >= 0.3 is 0 Å². The van der Waals surface area contributed by atoms with Crippen molar-refractivity contribution >= 4 is 0 Å². The number of methoxy groups -OCH3 is 1. The summed E-state index contributed by atoms with van der Waals surface area (Å²) in [5, 5.41) is 4.14. The molecular formula is C19H26N2O3. The van der Waals surface area contributed by atoms with Gasteiger partial charge in [0.15, 0.2) is 17.3 Å². The van der Waals surface area contributed by atoms with Gasteiger partial charge in [-0.25, -0.2) is 0 Å². The molecule has 1 aromatic carbocycles. The molecule has 1 saturated heterocycles. The summed E-state index contributed by atoms with van der Waals surface area (Å²) in [5.41, 5.74) is 2.25. The molecule has 1 aromatic heterocycles. The van der Waals surface area contributed by atoms with E-state index in [2.05, 4.69) is 35.2 Å². The molecule has 1 fully saturated rings. The van der Waals surface area contributed by atoms with E-state index in [1.807, 2.05) is 13.0 Å². The first-order chi connectivity index (χ1) is 11.7. The van der Waals surface area contributed by atoms with Crippen molar-refractivity contribution in [1.82, 2.24) is 10.1 Å². The molecule has 0 aliphatic carbocycles. The maximum absolute atomic E-state index is 5.60. The standard InChI is InChI=1S/C19H26N2O3/c1-4-15-12-18(24-20-15)16-7-6-10-21(16)13-14-8-9-17(23-5-2)19(11-14)22-3/h8-9,11-12,16H,4-7,10,13H2,1-3H3/t16-/m1/s1. The normalized spacial score (nSPS) is 18.0. The highest BCUT2D eigenvalue weighted by Crippen LogP contribution is 2.35. The fourth-order valence-corrected chi connectivity index (χ4v) is 3.31. The van der Waals surface area contributed by atoms with Crippen LogP contribution in [0.3, 0.4) is 0 Å². The van der Waals surface area contributed by atoms with E-state index in [0.717, 1.165) is 48.9 Å². The lowest BCUT2D eigenvalue weighted by Gasteiger charge is -2.22. The van der Waals surface area contributed by atoms with E-state index < -0.39 is 0 Å². The number of hydrogen-bond acceptors (Lipinski definition) is 5. The van der Waals surface area contributed by atoms with Crippen molar-refractivity contribution in [3.05, 3.63) is 41.3 Å². The van der Waals surface area contributed by atoms with Crippen molar-refractivity contribution < 1.29 is 14.0 Å². The quantitative estimate of drug-likeness (QED) is 0.768. The average Bonchev–Trinajstić information content (AvgIpc) is 3.25. The largest absolute Gasteiger partial charge is 0.493 e. The van der Waals surface area contributed by atoms with Crippen LogP contribution in [-0.2, 0) is 13.0 Å². The molecule has 0 N–H and O–H groups in total. The summed E-state index contributed by atoms with van der Waals surface area (Å²) in [6.07, 6.45) is 3.21. The van der Waals surface area contributed by atoms with E-state index in [1.54, 1.807) is 7.11 Å². The summed E-state index contributed by atoms with van der Waals surface area (Å²) >= 11 is 0. The van der Waals surface area contributed by atoms with Gasteiger partial charge in [0.05, 0.1) is 25.5 Å². The van der Waals surface area contributed by atoms with Crippen molar-refractivity contribution in [3.63, 3.8) is 0 Å². The van der Waals surface area contributed by atoms with Crippen LogP contribution < -0.4 is 9.47 Å². The molecule has 130 valence electrons. The lowest BCUT2D eigenvalue weighted by atomic mass is 10.1. The molecule has 0 amide bonds. The number of likely N-dealkylation sites (tertiary alicyclic amines) is 1. The first kappa shape index (κ1) is 16.8. The summed E-state index contributed by atoms with van der Waals surface area (Å²) in [5.74, 6) is 2.57. The lowest BCUT2D eigenvalue weighted by Crippen LogP contribution is -2.22. The molecule has 5 nitrogen and oxygen atoms in total. The number of aromatic nitrogens is 1. The predicted octanol–water partition coefficient (Wildman–Crippen LogP) is 3.98. The van der Waals surface area contributed by atoms with Gasteiger partial charge in [-0.1, -0.05) is 18.1 Å². The molecule has 2 aromatic rings. The van der Waals surface area contributed by atoms with Gasteiger partial charge in [0, 0.05) is 12.6 Å². The van der Waals surface area contributed by atoms with E-state index in [0.29, 0.717) is 12.6 Å². The van der Waals surface area contributed by atoms with Gasteiger partial charge in [0.25, 0.3) is 0 Å². The molecule has 0 spiro atoms. The molecule has 3 rings (SSSR count). The Labute approximate surface area is 143 Å². The van der Waals surface area contributed by atoms with Crippen molar-refractivity contribution in [3.8, 4) is 11.5 Å². The smallest absolute Gasteiger partial charge is 0.161 e. The van der Waals surface area contributed by atoms with Crippen molar-refractivity contribution in [2.45, 2.75) is 45.7 Å². The lowest BCUT2D eigenvalue weighted by molar-refractivity contribution is 0.206. The van der Waals surface area contributed by atoms with Crippen LogP contribution >= 0.6 is 0 Å². The molecule has 0 saturated carbocycles. The number of ether oxygens (including phenoxy) is 2. The van der Waals surface area contributed by atoms with Crippen LogP contribution in [0.4, 0.5) is 0 Å². The summed E-state index contributed by atoms with van der Waals surface area (Å²) in [6.45, 7) is 6.65. The Kier molecular flexibility index (Phi) is 5.41. The van der Waals surface area contributed by atoms with Gasteiger partial charge in [-0.2, -0.15) is 0 Å². The number of aryl methyl sites for hydroxylation is 1. The molecule has 5 heteroatoms. The molecule has 0 bridgehead atoms. The van der Waals surface area contributed by atoms with E-state index in [1.165, 1.54) is 12.0 Å². The molecule has 2 heterocycles. The number of hydrogen-bond donors (Lipinski definition) is 0. The molecule has 1 atom stereocenters. The van der Waals surface area contributed by atoms with Crippen LogP contribution in [0.15, 0.2) is 28.8 Å². The molecule has 1 aliphatic rings. The highest BCUT2D eigenvalue weighted by molar-refractivity contribution is 5.43. The Morgan fingerprint density at radius 3 is 2.83 bits per heavy atom. The summed E-state index contributed by atoms with van der Waals surface area (Å²) < 4.78 is 16.6. The maximum Gasteiger partial charge on any atom is 0.161 e. The van der Waals surface area contributed by atoms with Crippen LogP contribution in [-0.4, -0.2) is 30.3 Å². The van der Waals surface area contributed by atoms with E-state index in [4.69, 9.17) is 14.0 Å². The van der Waals surface area contributed by atoms with E-state index >= 15 is 0 Å². The molecule has 0 radical (unpaired) electrons. The van der Waals surface area contributed by atoms with Crippen LogP contribution in [0.2, 0.25) is 0 Å². The zero-order valence-electron chi connectivity index (χ0n) is 14.7. The highest BCUT2D eigenvalue weighted by Gasteiger charge is 2.29. The maximum atomic E-state index is 5.60. The Morgan fingerprint density at radius 1 is 1.25 bits per heavy atom. The third-order valence-electron chi connectivity index (χ3n) is 4.55. The first-order valence-corrected chi connectivity index (χ1v) is 8.74. The minimum atomic E-state index is 0.315. The van der Waals surface area contributed by atoms with Crippen LogP contribution in [0.5, 0.6) is 11.5 Å². The van der Waals surface area contributed by atoms with Crippen LogP contribution in [0.1, 0.15) is 49.7 Å². The topological polar surface area (TPSA) is 47.7 Å². The zero-order chi connectivity index (χ0) is 16.9. The summed E-state index contributed by atoms with van der Waals surface area (Å²) in [7, 11) is 1.68. The minimum absolute atomic E-state index is 0.315. The Hall–Kier alpha value is -2.01. The number of nitrogens with zero attached hydrogens (tertiary/aromatic N) is 2. The Morgan fingerprint density at radius 2 is 2.12 bits per heavy atom. The van der Waals surface area contributed by atoms with Gasteiger partial charge in [0.2, 0.25) is 0 Å². The number of rotatable bonds is 7. The van der Waals surface area contributed by atoms with Crippen molar-refractivity contribution in [1.29, 1.82) is 0 Å². The summed E-state index contributed by atoms with van der Waals surface area (Å²) in [4.78, 5) is 2.45. The monoisotopic (exact) mass is 330 g/mol. The van der Waals surface area contributed by atoms with Gasteiger partial charge in [-0.05, 0) is 50.4 Å².